The molecule has 0 radical (unpaired) electrons. The number of likely N-dealkylation sites (tertiary alicyclic amines) is 1. The molecule has 1 N–H and O–H groups in total. The molecular formula is C14H19IN2O. The summed E-state index contributed by atoms with van der Waals surface area (Å²) >= 11 is 2.28. The number of piperidine rings is 1. The van der Waals surface area contributed by atoms with Crippen LogP contribution in [0.2, 0.25) is 0 Å². The number of amides is 1. The molecule has 1 aliphatic heterocycles. The van der Waals surface area contributed by atoms with Gasteiger partial charge in [-0.25, -0.2) is 0 Å². The molecule has 1 atom stereocenters. The summed E-state index contributed by atoms with van der Waals surface area (Å²) in [6.45, 7) is 1.75. The normalized spacial score (nSPS) is 19.9. The summed E-state index contributed by atoms with van der Waals surface area (Å²) in [4.78, 5) is 14.2. The summed E-state index contributed by atoms with van der Waals surface area (Å²) in [5.74, 6) is 0.247. The number of hydrogen-bond acceptors (Lipinski definition) is 2. The van der Waals surface area contributed by atoms with E-state index in [0.717, 1.165) is 25.1 Å². The van der Waals surface area contributed by atoms with Crippen molar-refractivity contribution < 1.29 is 4.79 Å². The van der Waals surface area contributed by atoms with Gasteiger partial charge in [0.1, 0.15) is 0 Å². The maximum absolute atomic E-state index is 12.2. The molecule has 1 fully saturated rings. The van der Waals surface area contributed by atoms with E-state index in [2.05, 4.69) is 34.0 Å². The average molecular weight is 358 g/mol. The van der Waals surface area contributed by atoms with Crippen LogP contribution in [0, 0.1) is 3.57 Å². The van der Waals surface area contributed by atoms with Crippen molar-refractivity contribution >= 4 is 28.5 Å². The van der Waals surface area contributed by atoms with Crippen molar-refractivity contribution in [2.45, 2.75) is 25.3 Å². The number of halogens is 1. The van der Waals surface area contributed by atoms with Crippen LogP contribution >= 0.6 is 22.6 Å². The molecule has 2 rings (SSSR count). The van der Waals surface area contributed by atoms with Crippen LogP contribution in [0.25, 0.3) is 0 Å². The van der Waals surface area contributed by atoms with Gasteiger partial charge < -0.3 is 10.2 Å². The topological polar surface area (TPSA) is 32.3 Å². The van der Waals surface area contributed by atoms with Gasteiger partial charge in [0.05, 0.1) is 6.42 Å². The Labute approximate surface area is 122 Å². The summed E-state index contributed by atoms with van der Waals surface area (Å²) in [6, 6.07) is 8.62. The van der Waals surface area contributed by atoms with Crippen LogP contribution < -0.4 is 5.32 Å². The fourth-order valence-electron chi connectivity index (χ4n) is 2.37. The maximum Gasteiger partial charge on any atom is 0.227 e. The third kappa shape index (κ3) is 3.68. The van der Waals surface area contributed by atoms with E-state index < -0.39 is 0 Å². The van der Waals surface area contributed by atoms with Crippen molar-refractivity contribution in [3.8, 4) is 0 Å². The summed E-state index contributed by atoms with van der Waals surface area (Å²) in [5, 5.41) is 3.27. The third-order valence-electron chi connectivity index (χ3n) is 3.43. The lowest BCUT2D eigenvalue weighted by Gasteiger charge is -2.32. The second kappa shape index (κ2) is 6.52. The van der Waals surface area contributed by atoms with E-state index in [9.17, 15) is 4.79 Å². The Morgan fingerprint density at radius 3 is 3.11 bits per heavy atom. The zero-order valence-electron chi connectivity index (χ0n) is 10.7. The predicted molar refractivity (Wildman–Crippen MR) is 81.5 cm³/mol. The minimum absolute atomic E-state index is 0.247. The van der Waals surface area contributed by atoms with E-state index >= 15 is 0 Å². The molecule has 1 aromatic rings. The number of nitrogens with zero attached hydrogens (tertiary/aromatic N) is 1. The monoisotopic (exact) mass is 358 g/mol. The van der Waals surface area contributed by atoms with Crippen molar-refractivity contribution in [2.24, 2.45) is 0 Å². The molecule has 1 saturated heterocycles. The Kier molecular flexibility index (Phi) is 5.00. The van der Waals surface area contributed by atoms with Gasteiger partial charge in [-0.3, -0.25) is 4.79 Å². The summed E-state index contributed by atoms with van der Waals surface area (Å²) in [5.41, 5.74) is 1.11. The van der Waals surface area contributed by atoms with Gasteiger partial charge in [-0.05, 0) is 60.2 Å². The lowest BCUT2D eigenvalue weighted by atomic mass is 10.0. The van der Waals surface area contributed by atoms with Gasteiger partial charge in [-0.2, -0.15) is 0 Å². The van der Waals surface area contributed by atoms with Gasteiger partial charge in [0.25, 0.3) is 0 Å². The second-order valence-electron chi connectivity index (χ2n) is 4.77. The highest BCUT2D eigenvalue weighted by Crippen LogP contribution is 2.13. The molecule has 1 amide bonds. The molecule has 3 nitrogen and oxygen atoms in total. The molecule has 98 valence electrons. The number of carbonyl (C=O) groups excluding carboxylic acids is 1. The van der Waals surface area contributed by atoms with Crippen molar-refractivity contribution in [1.29, 1.82) is 0 Å². The number of nitrogens with one attached hydrogen (secondary N) is 1. The highest BCUT2D eigenvalue weighted by atomic mass is 127. The van der Waals surface area contributed by atoms with Crippen molar-refractivity contribution in [1.82, 2.24) is 10.2 Å². The first kappa shape index (κ1) is 13.8. The number of rotatable bonds is 3. The molecule has 0 saturated carbocycles. The molecule has 0 aliphatic carbocycles. The van der Waals surface area contributed by atoms with Gasteiger partial charge in [-0.15, -0.1) is 0 Å². The molecule has 1 aliphatic rings. The average Bonchev–Trinajstić information content (AvgIpc) is 2.39. The Hall–Kier alpha value is -0.620. The maximum atomic E-state index is 12.2. The van der Waals surface area contributed by atoms with Crippen LogP contribution in [-0.2, 0) is 11.2 Å². The predicted octanol–water partition coefficient (Wildman–Crippen LogP) is 2.04. The Morgan fingerprint density at radius 1 is 1.56 bits per heavy atom. The zero-order chi connectivity index (χ0) is 13.0. The fourth-order valence-corrected chi connectivity index (χ4v) is 2.98. The van der Waals surface area contributed by atoms with E-state index in [1.807, 2.05) is 30.1 Å². The second-order valence-corrected chi connectivity index (χ2v) is 6.02. The van der Waals surface area contributed by atoms with Crippen LogP contribution in [0.1, 0.15) is 18.4 Å². The number of carbonyl (C=O) groups is 1. The van der Waals surface area contributed by atoms with E-state index in [0.29, 0.717) is 12.5 Å². The first-order valence-electron chi connectivity index (χ1n) is 6.38. The van der Waals surface area contributed by atoms with Crippen LogP contribution in [0.3, 0.4) is 0 Å². The van der Waals surface area contributed by atoms with Crippen molar-refractivity contribution in [2.75, 3.05) is 20.1 Å². The number of benzene rings is 1. The Bertz CT molecular complexity index is 422. The van der Waals surface area contributed by atoms with Crippen molar-refractivity contribution in [3.63, 3.8) is 0 Å². The lowest BCUT2D eigenvalue weighted by Crippen LogP contribution is -2.47. The quantitative estimate of drug-likeness (QED) is 0.839. The Balaban J connectivity index is 1.95. The molecule has 1 unspecified atom stereocenters. The van der Waals surface area contributed by atoms with Gasteiger partial charge in [0.15, 0.2) is 0 Å². The van der Waals surface area contributed by atoms with Gasteiger partial charge in [0.2, 0.25) is 5.91 Å². The first-order chi connectivity index (χ1) is 8.69. The first-order valence-corrected chi connectivity index (χ1v) is 7.46. The smallest absolute Gasteiger partial charge is 0.227 e. The van der Waals surface area contributed by atoms with Crippen LogP contribution in [-0.4, -0.2) is 37.0 Å². The molecule has 0 spiro atoms. The fraction of sp³-hybridized carbons (Fsp3) is 0.500. The van der Waals surface area contributed by atoms with E-state index in [1.54, 1.807) is 0 Å². The van der Waals surface area contributed by atoms with Gasteiger partial charge in [-0.1, -0.05) is 12.1 Å². The van der Waals surface area contributed by atoms with E-state index in [1.165, 1.54) is 9.99 Å². The minimum atomic E-state index is 0.247. The standard InChI is InChI=1S/C14H19IN2O/c1-16-13-6-3-7-17(10-13)14(18)9-11-4-2-5-12(15)8-11/h2,4-5,8,13,16H,3,6-7,9-10H2,1H3. The van der Waals surface area contributed by atoms with Gasteiger partial charge in [0, 0.05) is 22.7 Å². The molecular weight excluding hydrogens is 339 g/mol. The molecule has 1 aromatic carbocycles. The molecule has 0 aromatic heterocycles. The zero-order valence-corrected chi connectivity index (χ0v) is 12.8. The highest BCUT2D eigenvalue weighted by molar-refractivity contribution is 14.1. The number of hydrogen-bond donors (Lipinski definition) is 1. The van der Waals surface area contributed by atoms with E-state index in [4.69, 9.17) is 0 Å². The van der Waals surface area contributed by atoms with Gasteiger partial charge >= 0.3 is 0 Å². The van der Waals surface area contributed by atoms with Crippen molar-refractivity contribution in [3.05, 3.63) is 33.4 Å². The minimum Gasteiger partial charge on any atom is -0.341 e. The van der Waals surface area contributed by atoms with E-state index in [-0.39, 0.29) is 5.91 Å². The summed E-state index contributed by atoms with van der Waals surface area (Å²) < 4.78 is 1.18. The molecule has 18 heavy (non-hydrogen) atoms. The number of likely N-dealkylation sites (N-methyl/N-ethyl adjacent to an activating group) is 1. The SMILES string of the molecule is CNC1CCCN(C(=O)Cc2cccc(I)c2)C1. The third-order valence-corrected chi connectivity index (χ3v) is 4.10. The molecule has 1 heterocycles. The highest BCUT2D eigenvalue weighted by Gasteiger charge is 2.22. The Morgan fingerprint density at radius 2 is 2.39 bits per heavy atom. The summed E-state index contributed by atoms with van der Waals surface area (Å²) in [6.07, 6.45) is 2.79. The largest absolute Gasteiger partial charge is 0.341 e. The van der Waals surface area contributed by atoms with Crippen LogP contribution in [0.4, 0.5) is 0 Å². The molecule has 0 bridgehead atoms. The van der Waals surface area contributed by atoms with Crippen LogP contribution in [0.5, 0.6) is 0 Å². The molecule has 4 heteroatoms. The lowest BCUT2D eigenvalue weighted by molar-refractivity contribution is -0.131. The summed E-state index contributed by atoms with van der Waals surface area (Å²) in [7, 11) is 1.97. The van der Waals surface area contributed by atoms with Crippen LogP contribution in [0.15, 0.2) is 24.3 Å².